The molecule has 10 nitrogen and oxygen atoms in total. The van der Waals surface area contributed by atoms with E-state index in [0.29, 0.717) is 49.8 Å². The number of carbonyl (C=O) groups is 3. The summed E-state index contributed by atoms with van der Waals surface area (Å²) in [5, 5.41) is 2.93. The molecule has 0 bridgehead atoms. The molecule has 1 aliphatic rings. The highest BCUT2D eigenvalue weighted by molar-refractivity contribution is 6.05. The number of anilines is 2. The predicted molar refractivity (Wildman–Crippen MR) is 157 cm³/mol. The molecular formula is C30H44N4O6. The first-order valence-electron chi connectivity index (χ1n) is 13.7. The molecule has 2 aromatic rings. The van der Waals surface area contributed by atoms with E-state index in [1.807, 2.05) is 58.9 Å². The van der Waals surface area contributed by atoms with Crippen molar-refractivity contribution in [3.8, 4) is 5.75 Å². The molecule has 0 saturated carbocycles. The first kappa shape index (κ1) is 32.4. The van der Waals surface area contributed by atoms with Crippen LogP contribution in [-0.2, 0) is 14.3 Å². The van der Waals surface area contributed by atoms with Crippen LogP contribution >= 0.6 is 0 Å². The van der Waals surface area contributed by atoms with Gasteiger partial charge in [0.2, 0.25) is 0 Å². The van der Waals surface area contributed by atoms with Gasteiger partial charge in [-0.15, -0.1) is 0 Å². The van der Waals surface area contributed by atoms with Crippen LogP contribution in [0.25, 0.3) is 0 Å². The Bertz CT molecular complexity index is 1110. The molecule has 3 N–H and O–H groups in total. The fourth-order valence-corrected chi connectivity index (χ4v) is 3.92. The van der Waals surface area contributed by atoms with Crippen molar-refractivity contribution >= 4 is 29.3 Å². The van der Waals surface area contributed by atoms with Gasteiger partial charge in [-0.3, -0.25) is 4.79 Å². The molecule has 2 aromatic carbocycles. The molecule has 1 saturated heterocycles. The van der Waals surface area contributed by atoms with E-state index in [0.717, 1.165) is 24.1 Å². The second kappa shape index (κ2) is 15.7. The topological polar surface area (TPSA) is 123 Å². The summed E-state index contributed by atoms with van der Waals surface area (Å²) in [6.07, 6.45) is 1.50. The van der Waals surface area contributed by atoms with Gasteiger partial charge in [-0.25, -0.2) is 9.59 Å². The minimum atomic E-state index is -0.508. The van der Waals surface area contributed by atoms with Crippen molar-refractivity contribution < 1.29 is 28.6 Å². The van der Waals surface area contributed by atoms with Crippen molar-refractivity contribution in [3.63, 3.8) is 0 Å². The number of unbranched alkanes of at least 4 members (excludes halogenated alkanes) is 1. The average Bonchev–Trinajstić information content (AvgIpc) is 2.93. The number of amides is 2. The molecule has 1 aliphatic heterocycles. The fraction of sp³-hybridized carbons (Fsp3) is 0.500. The minimum Gasteiger partial charge on any atom is -0.482 e. The number of piperazine rings is 1. The van der Waals surface area contributed by atoms with Crippen LogP contribution in [-0.4, -0.2) is 74.9 Å². The van der Waals surface area contributed by atoms with Crippen LogP contribution in [0.15, 0.2) is 42.5 Å². The van der Waals surface area contributed by atoms with Gasteiger partial charge in [0.1, 0.15) is 11.4 Å². The molecule has 0 unspecified atom stereocenters. The van der Waals surface area contributed by atoms with Gasteiger partial charge in [0.25, 0.3) is 5.91 Å². The summed E-state index contributed by atoms with van der Waals surface area (Å²) in [5.41, 5.74) is 6.95. The molecule has 1 fully saturated rings. The van der Waals surface area contributed by atoms with Crippen LogP contribution < -0.4 is 20.7 Å². The van der Waals surface area contributed by atoms with Crippen LogP contribution in [0.4, 0.5) is 16.2 Å². The Kier molecular flexibility index (Phi) is 12.7. The van der Waals surface area contributed by atoms with E-state index in [1.54, 1.807) is 23.1 Å². The summed E-state index contributed by atoms with van der Waals surface area (Å²) >= 11 is 0. The van der Waals surface area contributed by atoms with Gasteiger partial charge in [-0.05, 0) is 89.2 Å². The van der Waals surface area contributed by atoms with Crippen molar-refractivity contribution in [2.45, 2.75) is 53.1 Å². The van der Waals surface area contributed by atoms with Crippen molar-refractivity contribution in [2.24, 2.45) is 5.73 Å². The third-order valence-corrected chi connectivity index (χ3v) is 5.98. The molecule has 40 heavy (non-hydrogen) atoms. The first-order valence-corrected chi connectivity index (χ1v) is 13.7. The van der Waals surface area contributed by atoms with E-state index >= 15 is 0 Å². The van der Waals surface area contributed by atoms with Crippen molar-refractivity contribution in [2.75, 3.05) is 56.7 Å². The third kappa shape index (κ3) is 10.4. The van der Waals surface area contributed by atoms with E-state index in [2.05, 4.69) is 16.0 Å². The lowest BCUT2D eigenvalue weighted by atomic mass is 10.1. The molecule has 1 heterocycles. The largest absolute Gasteiger partial charge is 0.482 e. The normalized spacial score (nSPS) is 13.1. The Balaban J connectivity index is 0.00000274. The quantitative estimate of drug-likeness (QED) is 0.339. The Hall–Kier alpha value is -3.79. The number of rotatable bonds is 9. The van der Waals surface area contributed by atoms with Crippen molar-refractivity contribution in [3.05, 3.63) is 53.6 Å². The SMILES string of the molecule is CCCCOC(=O)COc1ccc(C(=O)Nc2ccc(N3CCN(C(=O)OC(C)(C)C)CC3)cc2)c(C)c1.CN. The van der Waals surface area contributed by atoms with E-state index in [9.17, 15) is 14.4 Å². The molecule has 2 amide bonds. The molecule has 0 spiro atoms. The predicted octanol–water partition coefficient (Wildman–Crippen LogP) is 4.60. The van der Waals surface area contributed by atoms with Gasteiger partial charge in [0, 0.05) is 43.1 Å². The number of esters is 1. The standard InChI is InChI=1S/C29H39N3O6.CH5N/c1-6-7-18-36-26(33)20-37-24-12-13-25(21(2)19-24)27(34)30-22-8-10-23(11-9-22)31-14-16-32(17-15-31)28(35)38-29(3,4)5;1-2/h8-13,19H,6-7,14-18,20H2,1-5H3,(H,30,34);2H2,1H3. The van der Waals surface area contributed by atoms with Crippen LogP contribution in [0.2, 0.25) is 0 Å². The van der Waals surface area contributed by atoms with E-state index in [4.69, 9.17) is 14.2 Å². The lowest BCUT2D eigenvalue weighted by Gasteiger charge is -2.36. The van der Waals surface area contributed by atoms with Crippen LogP contribution in [0.3, 0.4) is 0 Å². The third-order valence-electron chi connectivity index (χ3n) is 5.98. The number of aryl methyl sites for hydroxylation is 1. The van der Waals surface area contributed by atoms with Gasteiger partial charge in [-0.1, -0.05) is 13.3 Å². The zero-order chi connectivity index (χ0) is 29.7. The highest BCUT2D eigenvalue weighted by Gasteiger charge is 2.26. The summed E-state index contributed by atoms with van der Waals surface area (Å²) < 4.78 is 16.1. The molecule has 0 radical (unpaired) electrons. The summed E-state index contributed by atoms with van der Waals surface area (Å²) in [6.45, 7) is 12.2. The monoisotopic (exact) mass is 556 g/mol. The van der Waals surface area contributed by atoms with Gasteiger partial charge < -0.3 is 35.1 Å². The highest BCUT2D eigenvalue weighted by atomic mass is 16.6. The molecule has 220 valence electrons. The van der Waals surface area contributed by atoms with Crippen molar-refractivity contribution in [1.29, 1.82) is 0 Å². The number of ether oxygens (including phenoxy) is 3. The zero-order valence-corrected chi connectivity index (χ0v) is 24.6. The maximum atomic E-state index is 12.9. The summed E-state index contributed by atoms with van der Waals surface area (Å²) in [6, 6.07) is 12.7. The number of carbonyl (C=O) groups excluding carboxylic acids is 3. The van der Waals surface area contributed by atoms with Gasteiger partial charge in [-0.2, -0.15) is 0 Å². The van der Waals surface area contributed by atoms with E-state index in [1.165, 1.54) is 7.05 Å². The van der Waals surface area contributed by atoms with E-state index in [-0.39, 0.29) is 18.6 Å². The number of benzene rings is 2. The number of nitrogens with zero attached hydrogens (tertiary/aromatic N) is 2. The second-order valence-corrected chi connectivity index (χ2v) is 10.3. The Morgan fingerprint density at radius 3 is 2.20 bits per heavy atom. The van der Waals surface area contributed by atoms with Gasteiger partial charge in [0.15, 0.2) is 6.61 Å². The second-order valence-electron chi connectivity index (χ2n) is 10.3. The van der Waals surface area contributed by atoms with Crippen LogP contribution in [0.5, 0.6) is 5.75 Å². The molecule has 0 atom stereocenters. The van der Waals surface area contributed by atoms with Crippen LogP contribution in [0, 0.1) is 6.92 Å². The molecular weight excluding hydrogens is 512 g/mol. The number of hydrogen-bond donors (Lipinski definition) is 2. The van der Waals surface area contributed by atoms with Gasteiger partial charge >= 0.3 is 12.1 Å². The molecule has 3 rings (SSSR count). The minimum absolute atomic E-state index is 0.170. The van der Waals surface area contributed by atoms with Crippen LogP contribution in [0.1, 0.15) is 56.5 Å². The number of nitrogens with one attached hydrogen (secondary N) is 1. The zero-order valence-electron chi connectivity index (χ0n) is 24.6. The molecule has 0 aromatic heterocycles. The number of hydrogen-bond acceptors (Lipinski definition) is 8. The molecule has 0 aliphatic carbocycles. The maximum absolute atomic E-state index is 12.9. The highest BCUT2D eigenvalue weighted by Crippen LogP contribution is 2.22. The maximum Gasteiger partial charge on any atom is 0.410 e. The van der Waals surface area contributed by atoms with Crippen molar-refractivity contribution in [1.82, 2.24) is 4.90 Å². The summed E-state index contributed by atoms with van der Waals surface area (Å²) in [7, 11) is 1.50. The summed E-state index contributed by atoms with van der Waals surface area (Å²) in [5.74, 6) is -0.138. The lowest BCUT2D eigenvalue weighted by molar-refractivity contribution is -0.146. The average molecular weight is 557 g/mol. The number of nitrogens with two attached hydrogens (primary N) is 1. The Labute approximate surface area is 237 Å². The molecule has 10 heteroatoms. The summed E-state index contributed by atoms with van der Waals surface area (Å²) in [4.78, 5) is 40.8. The van der Waals surface area contributed by atoms with E-state index < -0.39 is 11.6 Å². The Morgan fingerprint density at radius 2 is 1.62 bits per heavy atom. The Morgan fingerprint density at radius 1 is 0.975 bits per heavy atom. The smallest absolute Gasteiger partial charge is 0.410 e. The lowest BCUT2D eigenvalue weighted by Crippen LogP contribution is -2.50. The first-order chi connectivity index (χ1) is 19.1. The fourth-order valence-electron chi connectivity index (χ4n) is 3.92. The van der Waals surface area contributed by atoms with Gasteiger partial charge in [0.05, 0.1) is 6.61 Å².